The summed E-state index contributed by atoms with van der Waals surface area (Å²) in [5.74, 6) is 0.577. The summed E-state index contributed by atoms with van der Waals surface area (Å²) in [6.07, 6.45) is 7.80. The van der Waals surface area contributed by atoms with Crippen LogP contribution >= 0.6 is 0 Å². The number of rotatable bonds is 5. The SMILES string of the molecule is O=C(NCC(c1ccccc1)c1c[nH]c2ccccc12)C1CCCCC1. The minimum absolute atomic E-state index is 0.153. The minimum atomic E-state index is 0.153. The van der Waals surface area contributed by atoms with Crippen molar-refractivity contribution in [2.75, 3.05) is 6.54 Å². The maximum Gasteiger partial charge on any atom is 0.223 e. The van der Waals surface area contributed by atoms with Crippen molar-refractivity contribution < 1.29 is 4.79 Å². The third kappa shape index (κ3) is 3.52. The van der Waals surface area contributed by atoms with Gasteiger partial charge < -0.3 is 10.3 Å². The topological polar surface area (TPSA) is 44.9 Å². The molecule has 3 nitrogen and oxygen atoms in total. The molecule has 2 N–H and O–H groups in total. The number of amides is 1. The van der Waals surface area contributed by atoms with E-state index < -0.39 is 0 Å². The molecule has 1 saturated carbocycles. The van der Waals surface area contributed by atoms with Gasteiger partial charge in [-0.25, -0.2) is 0 Å². The Kier molecular flexibility index (Phi) is 5.05. The average Bonchev–Trinajstić information content (AvgIpc) is 3.14. The lowest BCUT2D eigenvalue weighted by Gasteiger charge is -2.23. The van der Waals surface area contributed by atoms with Gasteiger partial charge in [-0.3, -0.25) is 4.79 Å². The number of carbonyl (C=O) groups excluding carboxylic acids is 1. The fourth-order valence-corrected chi connectivity index (χ4v) is 4.19. The second-order valence-electron chi connectivity index (χ2n) is 7.33. The van der Waals surface area contributed by atoms with Crippen LogP contribution in [-0.4, -0.2) is 17.4 Å². The normalized spacial score (nSPS) is 16.5. The van der Waals surface area contributed by atoms with Crippen molar-refractivity contribution in [1.29, 1.82) is 0 Å². The number of hydrogen-bond acceptors (Lipinski definition) is 1. The van der Waals surface area contributed by atoms with Gasteiger partial charge in [-0.1, -0.05) is 67.8 Å². The maximum absolute atomic E-state index is 12.6. The van der Waals surface area contributed by atoms with Crippen LogP contribution in [-0.2, 0) is 4.79 Å². The van der Waals surface area contributed by atoms with Crippen LogP contribution in [0.5, 0.6) is 0 Å². The zero-order chi connectivity index (χ0) is 17.8. The van der Waals surface area contributed by atoms with Crippen molar-refractivity contribution >= 4 is 16.8 Å². The number of para-hydroxylation sites is 1. The Bertz CT molecular complexity index is 862. The fourth-order valence-electron chi connectivity index (χ4n) is 4.19. The first-order valence-electron chi connectivity index (χ1n) is 9.71. The highest BCUT2D eigenvalue weighted by atomic mass is 16.1. The smallest absolute Gasteiger partial charge is 0.223 e. The third-order valence-electron chi connectivity index (χ3n) is 5.65. The van der Waals surface area contributed by atoms with Crippen molar-refractivity contribution in [2.24, 2.45) is 5.92 Å². The number of H-pyrrole nitrogens is 1. The molecule has 0 spiro atoms. The van der Waals surface area contributed by atoms with E-state index in [9.17, 15) is 4.79 Å². The van der Waals surface area contributed by atoms with E-state index >= 15 is 0 Å². The van der Waals surface area contributed by atoms with Gasteiger partial charge in [0.1, 0.15) is 0 Å². The van der Waals surface area contributed by atoms with Crippen molar-refractivity contribution in [3.05, 3.63) is 71.9 Å². The summed E-state index contributed by atoms with van der Waals surface area (Å²) in [7, 11) is 0. The first-order valence-corrected chi connectivity index (χ1v) is 9.71. The van der Waals surface area contributed by atoms with Crippen LogP contribution in [0.25, 0.3) is 10.9 Å². The molecule has 1 amide bonds. The van der Waals surface area contributed by atoms with E-state index in [1.54, 1.807) is 0 Å². The number of benzene rings is 2. The molecule has 4 rings (SSSR count). The Balaban J connectivity index is 1.58. The van der Waals surface area contributed by atoms with Gasteiger partial charge in [-0.15, -0.1) is 0 Å². The molecule has 3 heteroatoms. The number of hydrogen-bond donors (Lipinski definition) is 2. The second kappa shape index (κ2) is 7.77. The van der Waals surface area contributed by atoms with Crippen LogP contribution in [0.4, 0.5) is 0 Å². The van der Waals surface area contributed by atoms with Crippen LogP contribution in [0.3, 0.4) is 0 Å². The van der Waals surface area contributed by atoms with Crippen molar-refractivity contribution in [3.63, 3.8) is 0 Å². The summed E-state index contributed by atoms with van der Waals surface area (Å²) in [6.45, 7) is 0.640. The lowest BCUT2D eigenvalue weighted by molar-refractivity contribution is -0.125. The van der Waals surface area contributed by atoms with E-state index in [4.69, 9.17) is 0 Å². The second-order valence-corrected chi connectivity index (χ2v) is 7.33. The Labute approximate surface area is 154 Å². The van der Waals surface area contributed by atoms with E-state index in [2.05, 4.69) is 59.0 Å². The number of aromatic nitrogens is 1. The van der Waals surface area contributed by atoms with Crippen LogP contribution in [0.15, 0.2) is 60.8 Å². The molecule has 0 aliphatic heterocycles. The molecular weight excluding hydrogens is 320 g/mol. The first kappa shape index (κ1) is 16.9. The molecule has 26 heavy (non-hydrogen) atoms. The lowest BCUT2D eigenvalue weighted by Crippen LogP contribution is -2.35. The maximum atomic E-state index is 12.6. The molecule has 0 radical (unpaired) electrons. The van der Waals surface area contributed by atoms with Crippen LogP contribution in [0, 0.1) is 5.92 Å². The molecular formula is C23H26N2O. The van der Waals surface area contributed by atoms with E-state index in [1.807, 2.05) is 12.1 Å². The van der Waals surface area contributed by atoms with E-state index in [-0.39, 0.29) is 17.7 Å². The molecule has 3 aromatic rings. The molecule has 1 aromatic heterocycles. The number of nitrogens with one attached hydrogen (secondary N) is 2. The highest BCUT2D eigenvalue weighted by molar-refractivity contribution is 5.84. The van der Waals surface area contributed by atoms with E-state index in [0.29, 0.717) is 6.54 Å². The fraction of sp³-hybridized carbons (Fsp3) is 0.348. The van der Waals surface area contributed by atoms with Gasteiger partial charge >= 0.3 is 0 Å². The Morgan fingerprint density at radius 3 is 2.54 bits per heavy atom. The van der Waals surface area contributed by atoms with Crippen LogP contribution < -0.4 is 5.32 Å². The van der Waals surface area contributed by atoms with Gasteiger partial charge in [0.15, 0.2) is 0 Å². The van der Waals surface area contributed by atoms with Crippen LogP contribution in [0.2, 0.25) is 0 Å². The standard InChI is InChI=1S/C23H26N2O/c26-23(18-11-5-2-6-12-18)25-15-20(17-9-3-1-4-10-17)21-16-24-22-14-8-7-13-19(21)22/h1,3-4,7-10,13-14,16,18,20,24H,2,5-6,11-12,15H2,(H,25,26). The van der Waals surface area contributed by atoms with Crippen molar-refractivity contribution in [3.8, 4) is 0 Å². The lowest BCUT2D eigenvalue weighted by atomic mass is 9.87. The molecule has 1 heterocycles. The zero-order valence-corrected chi connectivity index (χ0v) is 15.1. The predicted molar refractivity (Wildman–Crippen MR) is 106 cm³/mol. The van der Waals surface area contributed by atoms with E-state index in [1.165, 1.54) is 35.8 Å². The summed E-state index contributed by atoms with van der Waals surface area (Å²) >= 11 is 0. The van der Waals surface area contributed by atoms with Crippen LogP contribution in [0.1, 0.15) is 49.1 Å². The zero-order valence-electron chi connectivity index (χ0n) is 15.1. The Hall–Kier alpha value is -2.55. The summed E-state index contributed by atoms with van der Waals surface area (Å²) in [5, 5.41) is 4.48. The minimum Gasteiger partial charge on any atom is -0.361 e. The predicted octanol–water partition coefficient (Wildman–Crippen LogP) is 5.00. The monoisotopic (exact) mass is 346 g/mol. The highest BCUT2D eigenvalue weighted by Crippen LogP contribution is 2.31. The molecule has 0 saturated heterocycles. The molecule has 134 valence electrons. The first-order chi connectivity index (χ1) is 12.8. The molecule has 1 unspecified atom stereocenters. The third-order valence-corrected chi connectivity index (χ3v) is 5.65. The Morgan fingerprint density at radius 1 is 1.00 bits per heavy atom. The molecule has 1 fully saturated rings. The molecule has 2 aromatic carbocycles. The quantitative estimate of drug-likeness (QED) is 0.671. The molecule has 1 aliphatic carbocycles. The van der Waals surface area contributed by atoms with E-state index in [0.717, 1.165) is 18.4 Å². The molecule has 0 bridgehead atoms. The summed E-state index contributed by atoms with van der Waals surface area (Å²) in [6, 6.07) is 18.9. The summed E-state index contributed by atoms with van der Waals surface area (Å²) in [5.41, 5.74) is 3.62. The molecule has 1 aliphatic rings. The van der Waals surface area contributed by atoms with Crippen molar-refractivity contribution in [1.82, 2.24) is 10.3 Å². The summed E-state index contributed by atoms with van der Waals surface area (Å²) in [4.78, 5) is 16.0. The Morgan fingerprint density at radius 2 is 1.73 bits per heavy atom. The highest BCUT2D eigenvalue weighted by Gasteiger charge is 2.23. The molecule has 1 atom stereocenters. The van der Waals surface area contributed by atoms with Gasteiger partial charge in [0.05, 0.1) is 0 Å². The van der Waals surface area contributed by atoms with Crippen molar-refractivity contribution in [2.45, 2.75) is 38.0 Å². The average molecular weight is 346 g/mol. The van der Waals surface area contributed by atoms with Gasteiger partial charge in [0, 0.05) is 35.5 Å². The largest absolute Gasteiger partial charge is 0.361 e. The van der Waals surface area contributed by atoms with Gasteiger partial charge in [0.2, 0.25) is 5.91 Å². The number of fused-ring (bicyclic) bond motifs is 1. The summed E-state index contributed by atoms with van der Waals surface area (Å²) < 4.78 is 0. The number of aromatic amines is 1. The van der Waals surface area contributed by atoms with Gasteiger partial charge in [-0.2, -0.15) is 0 Å². The van der Waals surface area contributed by atoms with Gasteiger partial charge in [-0.05, 0) is 30.0 Å². The van der Waals surface area contributed by atoms with Gasteiger partial charge in [0.25, 0.3) is 0 Å². The number of carbonyl (C=O) groups is 1.